The lowest BCUT2D eigenvalue weighted by Crippen LogP contribution is -2.68. The molecule has 11 heterocycles. The number of rotatable bonds is 31. The van der Waals surface area contributed by atoms with Crippen LogP contribution in [-0.4, -0.2) is 589 Å². The average molecular weight is 1800 g/mol. The van der Waals surface area contributed by atoms with Crippen LogP contribution in [0.5, 0.6) is 0 Å². The third-order valence-corrected chi connectivity index (χ3v) is 23.0. The minimum absolute atomic E-state index is 0.875. The molecule has 0 spiro atoms. The summed E-state index contributed by atoms with van der Waals surface area (Å²) in [6.07, 6.45) is -112. The lowest BCUT2D eigenvalue weighted by atomic mass is 9.95. The SMILES string of the molecule is OC[C@H]1O[C@@H](O[C@H]2[C@H](O)[C@@H](O)[C@H](O[C@H]3[C@H](O)[C@@H](O)[C@H](O[C@H]4[C@H](O)[C@@H](O)[C@H](O[C@H]5[C@H](O)[C@@H](O)[C@H](O[C@H]6[C@H](O)[C@@H](O)[C@H](O[C@H]7[C@H](O)[C@@H](O)[C@H](O[C@H]8[C@H](O)[C@@H](O)[C@H](O[C@H]9[C@H](O)[C@@H](O)[C@H](O[C@H]%10[C@H](O)[C@@H](O)[C@H](O[C@H]%11[C@H](O)[C@@H](O)C(O)O[C@@H]%11CO)O[C@@H]%10CO)O[C@@H]9CO)O[C@@H]8CO)O[C@@H]7CO)O[C@@H]6CO)O[C@@H]5CO)O[C@@H]4CO)O[C@@H]3CO)O[C@@H]2CO)[C@H](O)[C@@H](O)[C@@H]1O. The van der Waals surface area contributed by atoms with Crippen LogP contribution in [-0.2, 0) is 99.5 Å². The highest BCUT2D eigenvalue weighted by Crippen LogP contribution is 2.42. The van der Waals surface area contributed by atoms with Crippen LogP contribution in [0.25, 0.3) is 0 Å². The van der Waals surface area contributed by atoms with Crippen LogP contribution < -0.4 is 0 Å². The molecule has 55 atom stereocenters. The van der Waals surface area contributed by atoms with E-state index >= 15 is 0 Å². The van der Waals surface area contributed by atoms with Crippen LogP contribution in [0.4, 0.5) is 0 Å². The molecular weight excluding hydrogens is 1690 g/mol. The van der Waals surface area contributed by atoms with Crippen LogP contribution >= 0.6 is 0 Å². The van der Waals surface area contributed by atoms with Gasteiger partial charge in [-0.15, -0.1) is 0 Å². The van der Waals surface area contributed by atoms with Gasteiger partial charge in [-0.05, 0) is 0 Å². The molecule has 56 heteroatoms. The van der Waals surface area contributed by atoms with E-state index < -0.39 is 410 Å². The number of hydrogen-bond donors (Lipinski definition) is 35. The van der Waals surface area contributed by atoms with E-state index in [2.05, 4.69) is 0 Å². The maximum absolute atomic E-state index is 11.5. The van der Waals surface area contributed by atoms with Crippen molar-refractivity contribution < 1.29 is 278 Å². The van der Waals surface area contributed by atoms with E-state index in [0.717, 1.165) is 0 Å². The van der Waals surface area contributed by atoms with Gasteiger partial charge in [-0.3, -0.25) is 0 Å². The molecule has 0 amide bonds. The molecule has 11 fully saturated rings. The Morgan fingerprint density at radius 3 is 0.377 bits per heavy atom. The molecule has 56 nitrogen and oxygen atoms in total. The Hall–Kier alpha value is -2.24. The fourth-order valence-corrected chi connectivity index (χ4v) is 16.0. The first-order valence-electron chi connectivity index (χ1n) is 38.7. The van der Waals surface area contributed by atoms with Crippen molar-refractivity contribution >= 4 is 0 Å². The van der Waals surface area contributed by atoms with Gasteiger partial charge in [-0.25, -0.2) is 0 Å². The smallest absolute Gasteiger partial charge is 0.187 e. The molecule has 11 aliphatic heterocycles. The zero-order chi connectivity index (χ0) is 89.4. The maximum Gasteiger partial charge on any atom is 0.187 e. The third kappa shape index (κ3) is 20.5. The van der Waals surface area contributed by atoms with E-state index in [1.807, 2.05) is 0 Å². The van der Waals surface area contributed by atoms with Gasteiger partial charge in [-0.2, -0.15) is 0 Å². The highest BCUT2D eigenvalue weighted by molar-refractivity contribution is 5.04. The monoisotopic (exact) mass is 1800 g/mol. The fraction of sp³-hybridized carbons (Fsp3) is 1.00. The molecule has 0 aromatic rings. The van der Waals surface area contributed by atoms with Crippen LogP contribution in [0.2, 0.25) is 0 Å². The van der Waals surface area contributed by atoms with E-state index in [1.54, 1.807) is 0 Å². The van der Waals surface area contributed by atoms with Gasteiger partial charge in [0.1, 0.15) is 269 Å². The van der Waals surface area contributed by atoms with Gasteiger partial charge >= 0.3 is 0 Å². The Morgan fingerprint density at radius 1 is 0.123 bits per heavy atom. The van der Waals surface area contributed by atoms with Gasteiger partial charge in [-0.1, -0.05) is 0 Å². The number of aliphatic hydroxyl groups excluding tert-OH is 35. The highest BCUT2D eigenvalue weighted by Gasteiger charge is 2.62. The summed E-state index contributed by atoms with van der Waals surface area (Å²) < 4.78 is 118. The molecule has 11 saturated heterocycles. The van der Waals surface area contributed by atoms with Gasteiger partial charge < -0.3 is 278 Å². The summed E-state index contributed by atoms with van der Waals surface area (Å²) in [4.78, 5) is 0. The summed E-state index contributed by atoms with van der Waals surface area (Å²) in [5, 5.41) is 379. The van der Waals surface area contributed by atoms with E-state index in [4.69, 9.17) is 99.5 Å². The first-order chi connectivity index (χ1) is 57.9. The minimum atomic E-state index is -2.34. The second kappa shape index (κ2) is 43.4. The summed E-state index contributed by atoms with van der Waals surface area (Å²) in [6, 6.07) is 0. The summed E-state index contributed by atoms with van der Waals surface area (Å²) >= 11 is 0. The first-order valence-corrected chi connectivity index (χ1v) is 38.7. The molecule has 0 bridgehead atoms. The molecule has 0 radical (unpaired) electrons. The predicted octanol–water partition coefficient (Wildman–Crippen LogP) is -25.0. The molecule has 35 N–H and O–H groups in total. The highest BCUT2D eigenvalue weighted by atomic mass is 16.8. The Kier molecular flexibility index (Phi) is 35.7. The summed E-state index contributed by atoms with van der Waals surface area (Å²) in [6.45, 7) is -11.8. The van der Waals surface area contributed by atoms with Gasteiger partial charge in [0.2, 0.25) is 0 Å². The van der Waals surface area contributed by atoms with Crippen molar-refractivity contribution in [3.05, 3.63) is 0 Å². The minimum Gasteiger partial charge on any atom is -0.394 e. The Morgan fingerprint density at radius 2 is 0.238 bits per heavy atom. The molecule has 1 unspecified atom stereocenters. The molecule has 11 aliphatic rings. The van der Waals surface area contributed by atoms with Crippen molar-refractivity contribution in [1.82, 2.24) is 0 Å². The predicted molar refractivity (Wildman–Crippen MR) is 362 cm³/mol. The molecule has 0 aliphatic carbocycles. The van der Waals surface area contributed by atoms with Gasteiger partial charge in [0.05, 0.1) is 72.7 Å². The zero-order valence-corrected chi connectivity index (χ0v) is 63.8. The lowest BCUT2D eigenvalue weighted by molar-refractivity contribution is -0.401. The van der Waals surface area contributed by atoms with E-state index in [9.17, 15) is 179 Å². The van der Waals surface area contributed by atoms with Crippen molar-refractivity contribution in [2.75, 3.05) is 72.7 Å². The van der Waals surface area contributed by atoms with Crippen molar-refractivity contribution in [2.45, 2.75) is 338 Å². The zero-order valence-electron chi connectivity index (χ0n) is 63.8. The second-order valence-electron chi connectivity index (χ2n) is 30.8. The second-order valence-corrected chi connectivity index (χ2v) is 30.8. The summed E-state index contributed by atoms with van der Waals surface area (Å²) in [5.41, 5.74) is 0. The third-order valence-electron chi connectivity index (χ3n) is 23.0. The van der Waals surface area contributed by atoms with Crippen molar-refractivity contribution in [1.29, 1.82) is 0 Å². The molecule has 712 valence electrons. The van der Waals surface area contributed by atoms with Gasteiger partial charge in [0.25, 0.3) is 0 Å². The fourth-order valence-electron chi connectivity index (χ4n) is 16.0. The Bertz CT molecular complexity index is 3060. The van der Waals surface area contributed by atoms with Gasteiger partial charge in [0.15, 0.2) is 69.2 Å². The van der Waals surface area contributed by atoms with E-state index in [1.165, 1.54) is 0 Å². The van der Waals surface area contributed by atoms with Crippen LogP contribution in [0.15, 0.2) is 0 Å². The molecule has 122 heavy (non-hydrogen) atoms. The van der Waals surface area contributed by atoms with E-state index in [0.29, 0.717) is 0 Å². The normalized spacial score (nSPS) is 53.8. The van der Waals surface area contributed by atoms with Gasteiger partial charge in [0, 0.05) is 0 Å². The lowest BCUT2D eigenvalue weighted by Gasteiger charge is -2.50. The standard InChI is InChI=1S/C66H112O56/c67-1-12-23(78)24(79)36(91)57(103-12)114-47-14(3-69)105-59(38(93)26(47)81)116-49-16(5-71)107-61(40(95)28(49)83)118-51-18(7-73)109-63(42(97)30(51)85)120-53-20(9-75)111-65(44(99)32(53)87)122-55-22(11-77)112-66(45(100)34(55)89)121-54-21(10-76)110-64(43(98)33(54)88)119-52-19(8-74)108-62(41(96)31(52)86)117-50-17(6-72)106-60(39(94)29(50)84)115-48-15(4-70)104-58(37(92)27(48)82)113-46-13(2-68)102-56(101)35(90)25(46)80/h12-101H,1-11H2/t12-,13-,14-,15-,16-,17-,18-,19-,20-,21-,22-,23-,24+,25-,26-,27-,28-,29-,30-,31-,32-,33-,34-,35-,36-,37-,38-,39-,40-,41-,42-,43-,44-,45-,46-,47-,48-,49-,50-,51-,52-,53-,54-,55-,56?,57+,58+,59+,60+,61+,62+,63+,64+,65+,66+/m1/s1. The molecular formula is C66H112O56. The van der Waals surface area contributed by atoms with Crippen LogP contribution in [0, 0.1) is 0 Å². The maximum atomic E-state index is 11.5. The van der Waals surface area contributed by atoms with Crippen molar-refractivity contribution in [3.63, 3.8) is 0 Å². The molecule has 0 aromatic carbocycles. The molecule has 11 rings (SSSR count). The van der Waals surface area contributed by atoms with Crippen LogP contribution in [0.3, 0.4) is 0 Å². The molecule has 0 aromatic heterocycles. The quantitative estimate of drug-likeness (QED) is 0.0306. The van der Waals surface area contributed by atoms with E-state index in [-0.39, 0.29) is 0 Å². The largest absolute Gasteiger partial charge is 0.394 e. The Balaban J connectivity index is 0.650. The van der Waals surface area contributed by atoms with Crippen molar-refractivity contribution in [2.24, 2.45) is 0 Å². The molecule has 0 saturated carbocycles. The Labute approximate surface area is 687 Å². The average Bonchev–Trinajstić information content (AvgIpc) is 0.789. The summed E-state index contributed by atoms with van der Waals surface area (Å²) in [7, 11) is 0. The topological polar surface area (TPSA) is 902 Å². The number of ether oxygens (including phenoxy) is 21. The first kappa shape index (κ1) is 100. The number of hydrogen-bond acceptors (Lipinski definition) is 56. The van der Waals surface area contributed by atoms with Crippen molar-refractivity contribution in [3.8, 4) is 0 Å². The van der Waals surface area contributed by atoms with Crippen LogP contribution in [0.1, 0.15) is 0 Å². The number of aliphatic hydroxyl groups is 35. The summed E-state index contributed by atoms with van der Waals surface area (Å²) in [5.74, 6) is 0.